The van der Waals surface area contributed by atoms with Gasteiger partial charge in [0.1, 0.15) is 6.10 Å². The number of hydrogen-bond acceptors (Lipinski definition) is 3. The number of aromatic nitrogens is 2. The van der Waals surface area contributed by atoms with E-state index in [1.54, 1.807) is 13.3 Å². The molecular weight excluding hydrogens is 154 g/mol. The van der Waals surface area contributed by atoms with E-state index in [0.717, 1.165) is 5.69 Å². The molecule has 0 radical (unpaired) electrons. The Kier molecular flexibility index (Phi) is 2.49. The monoisotopic (exact) mass is 169 g/mol. The number of nitrogens with two attached hydrogens (primary N) is 1. The van der Waals surface area contributed by atoms with Crippen LogP contribution >= 0.6 is 0 Å². The molecular formula is C8H15N3O. The molecule has 0 saturated heterocycles. The lowest BCUT2D eigenvalue weighted by Crippen LogP contribution is -2.25. The van der Waals surface area contributed by atoms with Gasteiger partial charge in [0.05, 0.1) is 12.0 Å². The van der Waals surface area contributed by atoms with Crippen molar-refractivity contribution in [2.24, 2.45) is 12.8 Å². The quantitative estimate of drug-likeness (QED) is 0.660. The minimum Gasteiger partial charge on any atom is -0.385 e. The maximum atomic E-state index is 9.59. The number of hydrogen-bond donors (Lipinski definition) is 2. The van der Waals surface area contributed by atoms with Gasteiger partial charge in [0.25, 0.3) is 0 Å². The van der Waals surface area contributed by atoms with Crippen LogP contribution in [0.4, 0.5) is 0 Å². The van der Waals surface area contributed by atoms with Gasteiger partial charge in [-0.1, -0.05) is 0 Å². The lowest BCUT2D eigenvalue weighted by molar-refractivity contribution is 0.148. The van der Waals surface area contributed by atoms with Crippen LogP contribution in [-0.4, -0.2) is 20.7 Å². The van der Waals surface area contributed by atoms with E-state index >= 15 is 0 Å². The molecule has 0 spiro atoms. The zero-order valence-electron chi connectivity index (χ0n) is 7.65. The molecule has 0 aliphatic carbocycles. The third-order valence-electron chi connectivity index (χ3n) is 2.05. The summed E-state index contributed by atoms with van der Waals surface area (Å²) >= 11 is 0. The van der Waals surface area contributed by atoms with Crippen molar-refractivity contribution in [2.75, 3.05) is 0 Å². The normalized spacial score (nSPS) is 16.1. The molecule has 1 aromatic rings. The minimum atomic E-state index is -0.661. The summed E-state index contributed by atoms with van der Waals surface area (Å²) in [5.41, 5.74) is 7.18. The molecule has 0 bridgehead atoms. The Balaban J connectivity index is 2.95. The topological polar surface area (TPSA) is 64.1 Å². The number of imidazole rings is 1. The molecule has 12 heavy (non-hydrogen) atoms. The molecule has 0 fully saturated rings. The van der Waals surface area contributed by atoms with E-state index in [1.807, 2.05) is 18.5 Å². The zero-order valence-corrected chi connectivity index (χ0v) is 7.65. The summed E-state index contributed by atoms with van der Waals surface area (Å²) in [6.07, 6.45) is 1.02. The van der Waals surface area contributed by atoms with Crippen molar-refractivity contribution < 1.29 is 5.11 Å². The lowest BCUT2D eigenvalue weighted by atomic mass is 10.1. The van der Waals surface area contributed by atoms with Gasteiger partial charge >= 0.3 is 0 Å². The molecule has 2 unspecified atom stereocenters. The molecule has 0 aliphatic rings. The average Bonchev–Trinajstić information content (AvgIpc) is 2.32. The van der Waals surface area contributed by atoms with Crippen LogP contribution in [0.2, 0.25) is 0 Å². The van der Waals surface area contributed by atoms with E-state index in [2.05, 4.69) is 4.98 Å². The van der Waals surface area contributed by atoms with Gasteiger partial charge < -0.3 is 15.4 Å². The zero-order chi connectivity index (χ0) is 9.30. The summed E-state index contributed by atoms with van der Waals surface area (Å²) in [4.78, 5) is 4.07. The Morgan fingerprint density at radius 1 is 1.67 bits per heavy atom. The summed E-state index contributed by atoms with van der Waals surface area (Å²) in [5.74, 6) is 0. The highest BCUT2D eigenvalue weighted by atomic mass is 16.3. The molecule has 4 heteroatoms. The molecule has 4 nitrogen and oxygen atoms in total. The Morgan fingerprint density at radius 3 is 2.58 bits per heavy atom. The van der Waals surface area contributed by atoms with Crippen molar-refractivity contribution in [2.45, 2.75) is 26.0 Å². The fraction of sp³-hybridized carbons (Fsp3) is 0.625. The fourth-order valence-electron chi connectivity index (χ4n) is 1.05. The van der Waals surface area contributed by atoms with Crippen LogP contribution in [0.25, 0.3) is 0 Å². The number of rotatable bonds is 2. The third kappa shape index (κ3) is 1.49. The summed E-state index contributed by atoms with van der Waals surface area (Å²) in [6.45, 7) is 3.67. The molecule has 0 aliphatic heterocycles. The second-order valence-electron chi connectivity index (χ2n) is 3.13. The van der Waals surface area contributed by atoms with Crippen LogP contribution in [0.3, 0.4) is 0 Å². The molecule has 1 rings (SSSR count). The van der Waals surface area contributed by atoms with Crippen LogP contribution < -0.4 is 5.73 Å². The maximum Gasteiger partial charge on any atom is 0.112 e. The molecule has 0 saturated carbocycles. The number of aliphatic hydroxyl groups excluding tert-OH is 1. The molecule has 0 aromatic carbocycles. The summed E-state index contributed by atoms with van der Waals surface area (Å²) in [7, 11) is 1.89. The van der Waals surface area contributed by atoms with E-state index in [1.165, 1.54) is 0 Å². The predicted molar refractivity (Wildman–Crippen MR) is 46.6 cm³/mol. The van der Waals surface area contributed by atoms with Gasteiger partial charge in [0.2, 0.25) is 0 Å². The number of aryl methyl sites for hydroxylation is 1. The molecule has 68 valence electrons. The van der Waals surface area contributed by atoms with E-state index in [-0.39, 0.29) is 6.04 Å². The highest BCUT2D eigenvalue weighted by Gasteiger charge is 2.17. The largest absolute Gasteiger partial charge is 0.385 e. The van der Waals surface area contributed by atoms with Gasteiger partial charge in [0, 0.05) is 18.8 Å². The highest BCUT2D eigenvalue weighted by Crippen LogP contribution is 2.16. The second-order valence-corrected chi connectivity index (χ2v) is 3.13. The first-order chi connectivity index (χ1) is 5.54. The molecule has 2 atom stereocenters. The molecule has 1 aromatic heterocycles. The van der Waals surface area contributed by atoms with Gasteiger partial charge in [-0.15, -0.1) is 0 Å². The SMILES string of the molecule is Cc1c(C(O)C(C)N)ncn1C. The summed E-state index contributed by atoms with van der Waals surface area (Å²) in [6, 6.07) is -0.279. The van der Waals surface area contributed by atoms with Crippen molar-refractivity contribution in [3.8, 4) is 0 Å². The average molecular weight is 169 g/mol. The van der Waals surface area contributed by atoms with E-state index in [9.17, 15) is 5.11 Å². The Labute approximate surface area is 72.0 Å². The number of nitrogens with zero attached hydrogens (tertiary/aromatic N) is 2. The highest BCUT2D eigenvalue weighted by molar-refractivity contribution is 5.14. The molecule has 3 N–H and O–H groups in total. The number of aliphatic hydroxyl groups is 1. The van der Waals surface area contributed by atoms with Crippen molar-refractivity contribution in [1.82, 2.24) is 9.55 Å². The van der Waals surface area contributed by atoms with Gasteiger partial charge in [-0.05, 0) is 13.8 Å². The Hall–Kier alpha value is -0.870. The fourth-order valence-corrected chi connectivity index (χ4v) is 1.05. The van der Waals surface area contributed by atoms with Crippen molar-refractivity contribution in [3.63, 3.8) is 0 Å². The standard InChI is InChI=1S/C8H15N3O/c1-5(9)8(12)7-6(2)11(3)4-10-7/h4-5,8,12H,9H2,1-3H3. The van der Waals surface area contributed by atoms with Gasteiger partial charge in [-0.2, -0.15) is 0 Å². The smallest absolute Gasteiger partial charge is 0.112 e. The first-order valence-corrected chi connectivity index (χ1v) is 3.95. The van der Waals surface area contributed by atoms with E-state index in [4.69, 9.17) is 5.73 Å². The van der Waals surface area contributed by atoms with Gasteiger partial charge in [0.15, 0.2) is 0 Å². The first kappa shape index (κ1) is 9.22. The van der Waals surface area contributed by atoms with Crippen LogP contribution in [0, 0.1) is 6.92 Å². The van der Waals surface area contributed by atoms with Crippen LogP contribution in [-0.2, 0) is 7.05 Å². The van der Waals surface area contributed by atoms with Crippen LogP contribution in [0.1, 0.15) is 24.4 Å². The van der Waals surface area contributed by atoms with Crippen LogP contribution in [0.5, 0.6) is 0 Å². The van der Waals surface area contributed by atoms with Crippen molar-refractivity contribution in [1.29, 1.82) is 0 Å². The van der Waals surface area contributed by atoms with Crippen LogP contribution in [0.15, 0.2) is 6.33 Å². The Bertz CT molecular complexity index is 267. The summed E-state index contributed by atoms with van der Waals surface area (Å²) in [5, 5.41) is 9.59. The van der Waals surface area contributed by atoms with Crippen molar-refractivity contribution >= 4 is 0 Å². The van der Waals surface area contributed by atoms with E-state index in [0.29, 0.717) is 5.69 Å². The summed E-state index contributed by atoms with van der Waals surface area (Å²) < 4.78 is 1.86. The lowest BCUT2D eigenvalue weighted by Gasteiger charge is -2.12. The van der Waals surface area contributed by atoms with Gasteiger partial charge in [-0.3, -0.25) is 0 Å². The predicted octanol–water partition coefficient (Wildman–Crippen LogP) is 0.109. The Morgan fingerprint density at radius 2 is 2.25 bits per heavy atom. The van der Waals surface area contributed by atoms with E-state index < -0.39 is 6.10 Å². The van der Waals surface area contributed by atoms with Gasteiger partial charge in [-0.25, -0.2) is 4.98 Å². The minimum absolute atomic E-state index is 0.279. The molecule has 1 heterocycles. The van der Waals surface area contributed by atoms with Crippen molar-refractivity contribution in [3.05, 3.63) is 17.7 Å². The third-order valence-corrected chi connectivity index (χ3v) is 2.05. The first-order valence-electron chi connectivity index (χ1n) is 3.95. The maximum absolute atomic E-state index is 9.59. The second kappa shape index (κ2) is 3.25. The molecule has 0 amide bonds.